The van der Waals surface area contributed by atoms with E-state index in [0.717, 1.165) is 25.7 Å². The molecule has 0 N–H and O–H groups in total. The van der Waals surface area contributed by atoms with Gasteiger partial charge in [-0.2, -0.15) is 0 Å². The van der Waals surface area contributed by atoms with Gasteiger partial charge in [0.25, 0.3) is 0 Å². The van der Waals surface area contributed by atoms with Gasteiger partial charge >= 0.3 is 7.60 Å². The number of hydrogen-bond acceptors (Lipinski definition) is 3. The first-order chi connectivity index (χ1) is 9.18. The van der Waals surface area contributed by atoms with Crippen LogP contribution in [-0.2, 0) is 13.6 Å². The summed E-state index contributed by atoms with van der Waals surface area (Å²) >= 11 is 0. The van der Waals surface area contributed by atoms with E-state index in [9.17, 15) is 4.57 Å². The highest BCUT2D eigenvalue weighted by Gasteiger charge is 2.22. The van der Waals surface area contributed by atoms with Crippen molar-refractivity contribution in [1.29, 1.82) is 0 Å². The molecule has 0 bridgehead atoms. The summed E-state index contributed by atoms with van der Waals surface area (Å²) in [5, 5.41) is 0. The van der Waals surface area contributed by atoms with Gasteiger partial charge in [-0.3, -0.25) is 4.57 Å². The smallest absolute Gasteiger partial charge is 0.309 e. The van der Waals surface area contributed by atoms with E-state index >= 15 is 0 Å². The van der Waals surface area contributed by atoms with Gasteiger partial charge in [-0.05, 0) is 26.7 Å². The summed E-state index contributed by atoms with van der Waals surface area (Å²) in [6.07, 6.45) is 14.7. The summed E-state index contributed by atoms with van der Waals surface area (Å²) in [5.41, 5.74) is 0. The number of rotatable bonds is 13. The summed E-state index contributed by atoms with van der Waals surface area (Å²) < 4.78 is 22.7. The van der Waals surface area contributed by atoms with Crippen molar-refractivity contribution >= 4 is 7.60 Å². The Bertz CT molecular complexity index is 274. The Morgan fingerprint density at radius 3 is 1.84 bits per heavy atom. The summed E-state index contributed by atoms with van der Waals surface area (Å²) in [7, 11) is -2.81. The van der Waals surface area contributed by atoms with Gasteiger partial charge in [0.15, 0.2) is 0 Å². The van der Waals surface area contributed by atoms with E-state index in [1.54, 1.807) is 0 Å². The molecule has 0 heterocycles. The molecule has 0 aliphatic carbocycles. The van der Waals surface area contributed by atoms with E-state index in [2.05, 4.69) is 5.92 Å². The largest absolute Gasteiger partial charge is 0.330 e. The monoisotopic (exact) mass is 288 g/mol. The predicted molar refractivity (Wildman–Crippen MR) is 81.5 cm³/mol. The molecule has 0 aromatic carbocycles. The lowest BCUT2D eigenvalue weighted by atomic mass is 10.1. The van der Waals surface area contributed by atoms with E-state index in [1.807, 2.05) is 13.8 Å². The predicted octanol–water partition coefficient (Wildman–Crippen LogP) is 5.01. The minimum absolute atomic E-state index is 0.451. The fourth-order valence-electron chi connectivity index (χ4n) is 1.98. The van der Waals surface area contributed by atoms with Gasteiger partial charge in [-0.25, -0.2) is 0 Å². The van der Waals surface area contributed by atoms with Crippen molar-refractivity contribution in [2.75, 3.05) is 19.4 Å². The van der Waals surface area contributed by atoms with Crippen molar-refractivity contribution in [2.24, 2.45) is 0 Å². The zero-order valence-electron chi connectivity index (χ0n) is 12.5. The molecule has 0 atom stereocenters. The molecule has 0 fully saturated rings. The zero-order chi connectivity index (χ0) is 14.4. The van der Waals surface area contributed by atoms with Crippen LogP contribution in [0.25, 0.3) is 0 Å². The Kier molecular flexibility index (Phi) is 12.5. The Morgan fingerprint density at radius 1 is 0.895 bits per heavy atom. The number of hydrogen-bond donors (Lipinski definition) is 0. The first-order valence-electron chi connectivity index (χ1n) is 7.50. The molecular weight excluding hydrogens is 259 g/mol. The van der Waals surface area contributed by atoms with Gasteiger partial charge in [0.2, 0.25) is 0 Å². The molecule has 0 amide bonds. The van der Waals surface area contributed by atoms with Gasteiger partial charge in [-0.15, -0.1) is 12.3 Å². The summed E-state index contributed by atoms with van der Waals surface area (Å²) in [6, 6.07) is 0. The Morgan fingerprint density at radius 2 is 1.37 bits per heavy atom. The molecule has 0 saturated heterocycles. The second kappa shape index (κ2) is 12.7. The average Bonchev–Trinajstić information content (AvgIpc) is 2.37. The van der Waals surface area contributed by atoms with E-state index in [0.29, 0.717) is 19.4 Å². The van der Waals surface area contributed by atoms with Gasteiger partial charge in [0.05, 0.1) is 19.4 Å². The molecule has 0 rings (SSSR count). The molecule has 0 spiro atoms. The quantitative estimate of drug-likeness (QED) is 0.271. The molecule has 0 radical (unpaired) electrons. The third kappa shape index (κ3) is 11.3. The van der Waals surface area contributed by atoms with Crippen LogP contribution in [0.15, 0.2) is 0 Å². The van der Waals surface area contributed by atoms with E-state index < -0.39 is 7.60 Å². The van der Waals surface area contributed by atoms with Crippen LogP contribution < -0.4 is 0 Å². The fraction of sp³-hybridized carbons (Fsp3) is 0.867. The lowest BCUT2D eigenvalue weighted by molar-refractivity contribution is 0.219. The molecule has 3 nitrogen and oxygen atoms in total. The van der Waals surface area contributed by atoms with Crippen molar-refractivity contribution in [1.82, 2.24) is 0 Å². The fourth-order valence-corrected chi connectivity index (χ4v) is 3.71. The van der Waals surface area contributed by atoms with Crippen LogP contribution in [-0.4, -0.2) is 19.4 Å². The highest BCUT2D eigenvalue weighted by molar-refractivity contribution is 7.53. The van der Waals surface area contributed by atoms with Crippen LogP contribution in [0.3, 0.4) is 0 Å². The van der Waals surface area contributed by atoms with Crippen LogP contribution in [0.4, 0.5) is 0 Å². The molecule has 0 unspecified atom stereocenters. The van der Waals surface area contributed by atoms with Crippen LogP contribution in [0.2, 0.25) is 0 Å². The normalized spacial score (nSPS) is 11.4. The molecular formula is C15H29O3P. The van der Waals surface area contributed by atoms with Crippen LogP contribution in [0, 0.1) is 12.3 Å². The maximum atomic E-state index is 12.2. The van der Waals surface area contributed by atoms with E-state index in [1.165, 1.54) is 25.7 Å². The standard InChI is InChI=1S/C15H29O3P/c1-4-7-8-9-10-11-12-13-14-15-19(16,17-5-2)18-6-3/h1H,5-15H2,2-3H3. The van der Waals surface area contributed by atoms with Crippen LogP contribution in [0.1, 0.15) is 65.2 Å². The molecule has 0 aromatic heterocycles. The highest BCUT2D eigenvalue weighted by atomic mass is 31.2. The minimum atomic E-state index is -2.81. The molecule has 0 aromatic rings. The third-order valence-corrected chi connectivity index (χ3v) is 5.07. The Hall–Kier alpha value is -0.290. The average molecular weight is 288 g/mol. The molecule has 0 saturated carbocycles. The Balaban J connectivity index is 3.50. The van der Waals surface area contributed by atoms with Crippen molar-refractivity contribution in [3.8, 4) is 12.3 Å². The maximum absolute atomic E-state index is 12.2. The lowest BCUT2D eigenvalue weighted by Crippen LogP contribution is -2.00. The first kappa shape index (κ1) is 18.7. The minimum Gasteiger partial charge on any atom is -0.309 e. The third-order valence-electron chi connectivity index (χ3n) is 2.90. The molecule has 19 heavy (non-hydrogen) atoms. The lowest BCUT2D eigenvalue weighted by Gasteiger charge is -2.16. The van der Waals surface area contributed by atoms with Crippen LogP contribution >= 0.6 is 7.60 Å². The van der Waals surface area contributed by atoms with Crippen molar-refractivity contribution in [3.05, 3.63) is 0 Å². The van der Waals surface area contributed by atoms with Crippen molar-refractivity contribution < 1.29 is 13.6 Å². The first-order valence-corrected chi connectivity index (χ1v) is 9.23. The van der Waals surface area contributed by atoms with Crippen molar-refractivity contribution in [3.63, 3.8) is 0 Å². The second-order valence-corrected chi connectivity index (χ2v) is 6.78. The molecule has 112 valence electrons. The maximum Gasteiger partial charge on any atom is 0.330 e. The number of terminal acetylenes is 1. The summed E-state index contributed by atoms with van der Waals surface area (Å²) in [5.74, 6) is 2.66. The summed E-state index contributed by atoms with van der Waals surface area (Å²) in [6.45, 7) is 4.60. The van der Waals surface area contributed by atoms with E-state index in [4.69, 9.17) is 15.5 Å². The van der Waals surface area contributed by atoms with Gasteiger partial charge in [0.1, 0.15) is 0 Å². The number of unbranched alkanes of at least 4 members (excludes halogenated alkanes) is 7. The SMILES string of the molecule is C#CCCCCCCCCCP(=O)(OCC)OCC. The van der Waals surface area contributed by atoms with Gasteiger partial charge < -0.3 is 9.05 Å². The highest BCUT2D eigenvalue weighted by Crippen LogP contribution is 2.48. The van der Waals surface area contributed by atoms with E-state index in [-0.39, 0.29) is 0 Å². The topological polar surface area (TPSA) is 35.5 Å². The van der Waals surface area contributed by atoms with Gasteiger partial charge in [0, 0.05) is 6.42 Å². The molecule has 0 aliphatic heterocycles. The molecule has 4 heteroatoms. The Labute approximate surface area is 119 Å². The summed E-state index contributed by atoms with van der Waals surface area (Å²) in [4.78, 5) is 0. The zero-order valence-corrected chi connectivity index (χ0v) is 13.4. The van der Waals surface area contributed by atoms with Crippen LogP contribution in [0.5, 0.6) is 0 Å². The molecule has 0 aliphatic rings. The van der Waals surface area contributed by atoms with Gasteiger partial charge in [-0.1, -0.05) is 32.1 Å². The second-order valence-electron chi connectivity index (χ2n) is 4.60. The van der Waals surface area contributed by atoms with Crippen molar-refractivity contribution in [2.45, 2.75) is 65.2 Å².